The van der Waals surface area contributed by atoms with Crippen molar-refractivity contribution in [2.75, 3.05) is 20.6 Å². The molecule has 1 aliphatic rings. The summed E-state index contributed by atoms with van der Waals surface area (Å²) in [7, 11) is 3.76. The zero-order valence-electron chi connectivity index (χ0n) is 16.1. The number of rotatable bonds is 8. The van der Waals surface area contributed by atoms with Gasteiger partial charge < -0.3 is 15.5 Å². The Morgan fingerprint density at radius 1 is 1.33 bits per heavy atom. The van der Waals surface area contributed by atoms with Crippen molar-refractivity contribution in [2.45, 2.75) is 38.3 Å². The average molecular weight is 368 g/mol. The molecule has 7 nitrogen and oxygen atoms in total. The van der Waals surface area contributed by atoms with Gasteiger partial charge in [-0.2, -0.15) is 5.10 Å². The first-order chi connectivity index (χ1) is 13.2. The first-order valence-electron chi connectivity index (χ1n) is 9.46. The number of carbonyl (C=O) groups excluding carboxylic acids is 1. The third-order valence-corrected chi connectivity index (χ3v) is 4.46. The van der Waals surface area contributed by atoms with Gasteiger partial charge in [0.1, 0.15) is 0 Å². The predicted octanol–water partition coefficient (Wildman–Crippen LogP) is 1.94. The number of benzene rings is 1. The molecule has 1 aliphatic carbocycles. The minimum atomic E-state index is 0.149. The molecule has 2 aromatic rings. The highest BCUT2D eigenvalue weighted by atomic mass is 16.1. The van der Waals surface area contributed by atoms with Gasteiger partial charge in [-0.05, 0) is 31.4 Å². The largest absolute Gasteiger partial charge is 0.356 e. The molecule has 7 heteroatoms. The second-order valence-corrected chi connectivity index (χ2v) is 6.90. The molecule has 1 aromatic heterocycles. The Hall–Kier alpha value is -2.83. The molecule has 27 heavy (non-hydrogen) atoms. The lowest BCUT2D eigenvalue weighted by atomic mass is 10.3. The van der Waals surface area contributed by atoms with Crippen LogP contribution in [0, 0.1) is 0 Å². The van der Waals surface area contributed by atoms with Crippen molar-refractivity contribution in [3.63, 3.8) is 0 Å². The summed E-state index contributed by atoms with van der Waals surface area (Å²) < 4.78 is 1.87. The molecule has 2 N–H and O–H groups in total. The molecule has 1 saturated carbocycles. The summed E-state index contributed by atoms with van der Waals surface area (Å²) in [5.74, 6) is 0.959. The molecule has 0 aliphatic heterocycles. The van der Waals surface area contributed by atoms with Gasteiger partial charge in [0.15, 0.2) is 5.96 Å². The fourth-order valence-electron chi connectivity index (χ4n) is 2.87. The molecular weight excluding hydrogens is 340 g/mol. The van der Waals surface area contributed by atoms with Gasteiger partial charge in [0, 0.05) is 51.4 Å². The number of aliphatic imine (C=N–C) groups is 1. The zero-order valence-corrected chi connectivity index (χ0v) is 16.1. The van der Waals surface area contributed by atoms with Gasteiger partial charge in [-0.3, -0.25) is 9.79 Å². The molecular formula is C20H28N6O. The summed E-state index contributed by atoms with van der Waals surface area (Å²) in [6.07, 6.45) is 7.50. The van der Waals surface area contributed by atoms with Crippen LogP contribution in [0.15, 0.2) is 47.7 Å². The number of hydrogen-bond acceptors (Lipinski definition) is 3. The topological polar surface area (TPSA) is 74.6 Å². The van der Waals surface area contributed by atoms with Crippen molar-refractivity contribution in [1.82, 2.24) is 25.3 Å². The van der Waals surface area contributed by atoms with E-state index in [0.29, 0.717) is 19.0 Å². The van der Waals surface area contributed by atoms with Crippen molar-refractivity contribution in [3.05, 3.63) is 48.3 Å². The highest BCUT2D eigenvalue weighted by molar-refractivity contribution is 5.80. The van der Waals surface area contributed by atoms with Crippen LogP contribution in [-0.2, 0) is 11.3 Å². The van der Waals surface area contributed by atoms with Crippen molar-refractivity contribution in [2.24, 2.45) is 4.99 Å². The highest BCUT2D eigenvalue weighted by Gasteiger charge is 2.22. The van der Waals surface area contributed by atoms with Crippen molar-refractivity contribution in [3.8, 4) is 5.69 Å². The highest BCUT2D eigenvalue weighted by Crippen LogP contribution is 2.18. The lowest BCUT2D eigenvalue weighted by Gasteiger charge is -2.21. The predicted molar refractivity (Wildman–Crippen MR) is 107 cm³/mol. The number of aromatic nitrogens is 2. The van der Waals surface area contributed by atoms with Crippen LogP contribution in [0.3, 0.4) is 0 Å². The summed E-state index contributed by atoms with van der Waals surface area (Å²) >= 11 is 0. The Balaban J connectivity index is 1.43. The quantitative estimate of drug-likeness (QED) is 0.424. The minimum absolute atomic E-state index is 0.149. The van der Waals surface area contributed by atoms with Crippen molar-refractivity contribution >= 4 is 11.9 Å². The van der Waals surface area contributed by atoms with E-state index in [2.05, 4.69) is 25.6 Å². The monoisotopic (exact) mass is 368 g/mol. The molecule has 3 rings (SSSR count). The maximum Gasteiger partial charge on any atom is 0.220 e. The Morgan fingerprint density at radius 2 is 2.11 bits per heavy atom. The Kier molecular flexibility index (Phi) is 6.46. The minimum Gasteiger partial charge on any atom is -0.356 e. The molecule has 0 spiro atoms. The normalized spacial score (nSPS) is 14.1. The van der Waals surface area contributed by atoms with Crippen molar-refractivity contribution < 1.29 is 4.79 Å². The second-order valence-electron chi connectivity index (χ2n) is 6.90. The number of nitrogens with one attached hydrogen (secondary N) is 2. The third kappa shape index (κ3) is 5.84. The van der Waals surface area contributed by atoms with E-state index < -0.39 is 0 Å². The van der Waals surface area contributed by atoms with Gasteiger partial charge in [-0.15, -0.1) is 0 Å². The van der Waals surface area contributed by atoms with E-state index in [4.69, 9.17) is 0 Å². The zero-order chi connectivity index (χ0) is 19.1. The molecule has 1 heterocycles. The van der Waals surface area contributed by atoms with Crippen LogP contribution in [-0.4, -0.2) is 53.2 Å². The lowest BCUT2D eigenvalue weighted by Crippen LogP contribution is -2.39. The fourth-order valence-corrected chi connectivity index (χ4v) is 2.87. The summed E-state index contributed by atoms with van der Waals surface area (Å²) in [5.41, 5.74) is 2.14. The van der Waals surface area contributed by atoms with Gasteiger partial charge in [-0.1, -0.05) is 18.2 Å². The molecule has 0 radical (unpaired) electrons. The number of carbonyl (C=O) groups is 1. The molecule has 0 saturated heterocycles. The van der Waals surface area contributed by atoms with Crippen LogP contribution < -0.4 is 10.6 Å². The van der Waals surface area contributed by atoms with Gasteiger partial charge >= 0.3 is 0 Å². The lowest BCUT2D eigenvalue weighted by molar-refractivity contribution is -0.121. The van der Waals surface area contributed by atoms with Crippen LogP contribution in [0.25, 0.3) is 5.69 Å². The fraction of sp³-hybridized carbons (Fsp3) is 0.450. The van der Waals surface area contributed by atoms with Gasteiger partial charge in [0.2, 0.25) is 5.91 Å². The molecule has 1 aromatic carbocycles. The second kappa shape index (κ2) is 9.21. The molecule has 0 bridgehead atoms. The van der Waals surface area contributed by atoms with Crippen LogP contribution in [0.5, 0.6) is 0 Å². The summed E-state index contributed by atoms with van der Waals surface area (Å²) in [6, 6.07) is 10.5. The number of para-hydroxylation sites is 1. The first-order valence-corrected chi connectivity index (χ1v) is 9.46. The third-order valence-electron chi connectivity index (χ3n) is 4.46. The molecule has 0 unspecified atom stereocenters. The summed E-state index contributed by atoms with van der Waals surface area (Å²) in [5, 5.41) is 10.8. The van der Waals surface area contributed by atoms with E-state index in [1.165, 1.54) is 0 Å². The van der Waals surface area contributed by atoms with Gasteiger partial charge in [0.05, 0.1) is 11.9 Å². The van der Waals surface area contributed by atoms with Crippen molar-refractivity contribution in [1.29, 1.82) is 0 Å². The molecule has 144 valence electrons. The Labute approximate surface area is 160 Å². The van der Waals surface area contributed by atoms with E-state index in [9.17, 15) is 4.79 Å². The summed E-state index contributed by atoms with van der Waals surface area (Å²) in [4.78, 5) is 18.1. The number of hydrogen-bond donors (Lipinski definition) is 2. The maximum absolute atomic E-state index is 11.7. The summed E-state index contributed by atoms with van der Waals surface area (Å²) in [6.45, 7) is 1.42. The number of nitrogens with zero attached hydrogens (tertiary/aromatic N) is 4. The van der Waals surface area contributed by atoms with E-state index in [-0.39, 0.29) is 5.91 Å². The smallest absolute Gasteiger partial charge is 0.220 e. The molecule has 0 atom stereocenters. The standard InChI is InChI=1S/C20H28N6O/c1-21-20(22-12-6-9-19(27)24-17-10-11-17)25(2)14-16-13-23-26(15-16)18-7-4-3-5-8-18/h3-5,7-8,13,15,17H,6,9-12,14H2,1-2H3,(H,21,22)(H,24,27). The molecule has 1 fully saturated rings. The average Bonchev–Trinajstić information content (AvgIpc) is 3.37. The van der Waals surface area contributed by atoms with Gasteiger partial charge in [-0.25, -0.2) is 4.68 Å². The van der Waals surface area contributed by atoms with Crippen LogP contribution >= 0.6 is 0 Å². The Morgan fingerprint density at radius 3 is 2.81 bits per heavy atom. The number of guanidine groups is 1. The van der Waals surface area contributed by atoms with E-state index in [0.717, 1.165) is 43.0 Å². The number of amides is 1. The van der Waals surface area contributed by atoms with Gasteiger partial charge in [0.25, 0.3) is 0 Å². The van der Waals surface area contributed by atoms with Crippen LogP contribution in [0.1, 0.15) is 31.2 Å². The van der Waals surface area contributed by atoms with E-state index >= 15 is 0 Å². The van der Waals surface area contributed by atoms with Crippen LogP contribution in [0.4, 0.5) is 0 Å². The van der Waals surface area contributed by atoms with E-state index in [1.54, 1.807) is 7.05 Å². The molecule has 1 amide bonds. The Bertz CT molecular complexity index is 766. The van der Waals surface area contributed by atoms with Crippen LogP contribution in [0.2, 0.25) is 0 Å². The SMILES string of the molecule is CN=C(NCCCC(=O)NC1CC1)N(C)Cc1cnn(-c2ccccc2)c1. The first kappa shape index (κ1) is 18.9. The maximum atomic E-state index is 11.7. The van der Waals surface area contributed by atoms with E-state index in [1.807, 2.05) is 54.5 Å².